The summed E-state index contributed by atoms with van der Waals surface area (Å²) in [5.74, 6) is -6.16. The van der Waals surface area contributed by atoms with Gasteiger partial charge < -0.3 is 4.74 Å². The monoisotopic (exact) mass is 608 g/mol. The molecule has 0 spiro atoms. The van der Waals surface area contributed by atoms with Gasteiger partial charge in [0.1, 0.15) is 28.8 Å². The molecule has 0 fully saturated rings. The minimum Gasteiger partial charge on any atom is -0.429 e. The molecule has 0 bridgehead atoms. The molecule has 1 nitrogen and oxygen atoms in total. The number of rotatable bonds is 10. The van der Waals surface area contributed by atoms with Crippen LogP contribution in [-0.2, 0) is 12.5 Å². The highest BCUT2D eigenvalue weighted by Crippen LogP contribution is 2.38. The topological polar surface area (TPSA) is 9.23 Å². The largest absolute Gasteiger partial charge is 0.432 e. The van der Waals surface area contributed by atoms with E-state index >= 15 is 8.78 Å². The molecule has 0 N–H and O–H groups in total. The molecule has 0 aromatic heterocycles. The summed E-state index contributed by atoms with van der Waals surface area (Å²) in [6, 6.07) is 21.0. The molecule has 0 aliphatic heterocycles. The van der Waals surface area contributed by atoms with E-state index in [0.29, 0.717) is 16.7 Å². The van der Waals surface area contributed by atoms with Gasteiger partial charge in [-0.25, -0.2) is 22.0 Å². The number of benzene rings is 5. The summed E-state index contributed by atoms with van der Waals surface area (Å²) in [4.78, 5) is 0. The first-order valence-electron chi connectivity index (χ1n) is 14.1. The fraction of sp³-hybridized carbons (Fsp3) is 0.167. The molecule has 8 heteroatoms. The lowest BCUT2D eigenvalue weighted by Crippen LogP contribution is -2.25. The third-order valence-electron chi connectivity index (χ3n) is 7.32. The van der Waals surface area contributed by atoms with Gasteiger partial charge in [-0.2, -0.15) is 8.78 Å². The van der Waals surface area contributed by atoms with E-state index in [1.165, 1.54) is 30.3 Å². The molecule has 0 radical (unpaired) electrons. The maximum Gasteiger partial charge on any atom is 0.432 e. The number of hydrogen-bond donors (Lipinski definition) is 0. The van der Waals surface area contributed by atoms with Crippen LogP contribution in [0.25, 0.3) is 33.4 Å². The first kappa shape index (κ1) is 30.9. The fourth-order valence-electron chi connectivity index (χ4n) is 4.97. The Balaban J connectivity index is 1.31. The Morgan fingerprint density at radius 3 is 1.68 bits per heavy atom. The lowest BCUT2D eigenvalue weighted by atomic mass is 9.99. The van der Waals surface area contributed by atoms with E-state index in [4.69, 9.17) is 4.74 Å². The minimum atomic E-state index is -4.34. The Morgan fingerprint density at radius 2 is 1.07 bits per heavy atom. The standard InChI is InChI=1S/C36H27F7O/c1-2-3-4-5-22-6-8-24(9-7-22)27-20-33(40)35(34(41)21-27)36(42,43)44-28-14-10-23(11-15-28)25-12-16-29(31(38)18-25)26-13-17-30(37)32(39)19-26/h6-21H,2-5H2,1H3. The number of halogens is 7. The molecule has 5 aromatic carbocycles. The van der Waals surface area contributed by atoms with Gasteiger partial charge in [-0.05, 0) is 88.7 Å². The summed E-state index contributed by atoms with van der Waals surface area (Å²) in [5, 5.41) is 0. The van der Waals surface area contributed by atoms with Crippen molar-refractivity contribution < 1.29 is 35.5 Å². The van der Waals surface area contributed by atoms with Crippen LogP contribution in [0.5, 0.6) is 5.75 Å². The Labute approximate surface area is 250 Å². The van der Waals surface area contributed by atoms with Gasteiger partial charge in [0.2, 0.25) is 0 Å². The van der Waals surface area contributed by atoms with Gasteiger partial charge in [0.15, 0.2) is 11.6 Å². The summed E-state index contributed by atoms with van der Waals surface area (Å²) in [6.07, 6.45) is -0.250. The number of ether oxygens (including phenoxy) is 1. The van der Waals surface area contributed by atoms with Gasteiger partial charge in [0.25, 0.3) is 0 Å². The minimum absolute atomic E-state index is 0.0433. The van der Waals surface area contributed by atoms with Gasteiger partial charge >= 0.3 is 6.11 Å². The molecule has 0 amide bonds. The van der Waals surface area contributed by atoms with Crippen molar-refractivity contribution in [1.82, 2.24) is 0 Å². The van der Waals surface area contributed by atoms with Crippen molar-refractivity contribution in [1.29, 1.82) is 0 Å². The van der Waals surface area contributed by atoms with Crippen molar-refractivity contribution in [3.8, 4) is 39.1 Å². The SMILES string of the molecule is CCCCCc1ccc(-c2cc(F)c(C(F)(F)Oc3ccc(-c4ccc(-c5ccc(F)c(F)c5)c(F)c4)cc3)c(F)c2)cc1. The van der Waals surface area contributed by atoms with Crippen LogP contribution in [-0.4, -0.2) is 0 Å². The first-order valence-corrected chi connectivity index (χ1v) is 14.1. The second-order valence-electron chi connectivity index (χ2n) is 10.4. The average molecular weight is 609 g/mol. The van der Waals surface area contributed by atoms with Gasteiger partial charge in [-0.1, -0.05) is 74.4 Å². The van der Waals surface area contributed by atoms with Crippen LogP contribution in [0.15, 0.2) is 97.1 Å². The number of unbranched alkanes of at least 4 members (excludes halogenated alkanes) is 2. The maximum atomic E-state index is 15.0. The van der Waals surface area contributed by atoms with Gasteiger partial charge in [-0.3, -0.25) is 0 Å². The predicted octanol–water partition coefficient (Wildman–Crippen LogP) is 11.2. The Kier molecular flexibility index (Phi) is 9.09. The molecular weight excluding hydrogens is 581 g/mol. The second kappa shape index (κ2) is 13.0. The molecule has 5 aromatic rings. The Hall–Kier alpha value is -4.59. The first-order chi connectivity index (χ1) is 21.1. The normalized spacial score (nSPS) is 11.5. The number of aryl methyl sites for hydroxylation is 1. The highest BCUT2D eigenvalue weighted by Gasteiger charge is 2.41. The Morgan fingerprint density at radius 1 is 0.523 bits per heavy atom. The summed E-state index contributed by atoms with van der Waals surface area (Å²) in [5.41, 5.74) is 1.15. The van der Waals surface area contributed by atoms with Crippen LogP contribution < -0.4 is 4.74 Å². The molecule has 0 aliphatic rings. The molecule has 0 aliphatic carbocycles. The summed E-state index contributed by atoms with van der Waals surface area (Å²) in [7, 11) is 0. The molecule has 0 saturated heterocycles. The molecule has 0 unspecified atom stereocenters. The molecule has 0 atom stereocenters. The number of hydrogen-bond acceptors (Lipinski definition) is 1. The summed E-state index contributed by atoms with van der Waals surface area (Å²) < 4.78 is 106. The lowest BCUT2D eigenvalue weighted by molar-refractivity contribution is -0.189. The van der Waals surface area contributed by atoms with Crippen LogP contribution in [0.4, 0.5) is 30.7 Å². The summed E-state index contributed by atoms with van der Waals surface area (Å²) in [6.45, 7) is 2.11. The van der Waals surface area contributed by atoms with Crippen molar-refractivity contribution in [2.24, 2.45) is 0 Å². The van der Waals surface area contributed by atoms with Gasteiger partial charge in [0, 0.05) is 5.56 Å². The zero-order valence-electron chi connectivity index (χ0n) is 23.6. The Bertz CT molecular complexity index is 1740. The zero-order valence-corrected chi connectivity index (χ0v) is 23.6. The third kappa shape index (κ3) is 6.80. The highest BCUT2D eigenvalue weighted by molar-refractivity contribution is 5.71. The van der Waals surface area contributed by atoms with E-state index in [1.54, 1.807) is 12.1 Å². The van der Waals surface area contributed by atoms with Crippen LogP contribution in [0.2, 0.25) is 0 Å². The second-order valence-corrected chi connectivity index (χ2v) is 10.4. The molecule has 5 rings (SSSR count). The smallest absolute Gasteiger partial charge is 0.429 e. The van der Waals surface area contributed by atoms with E-state index < -0.39 is 40.8 Å². The highest BCUT2D eigenvalue weighted by atomic mass is 19.3. The van der Waals surface area contributed by atoms with Gasteiger partial charge in [-0.15, -0.1) is 0 Å². The van der Waals surface area contributed by atoms with Crippen molar-refractivity contribution in [2.45, 2.75) is 38.7 Å². The molecule has 44 heavy (non-hydrogen) atoms. The van der Waals surface area contributed by atoms with Crippen LogP contribution >= 0.6 is 0 Å². The summed E-state index contributed by atoms with van der Waals surface area (Å²) >= 11 is 0. The number of alkyl halides is 2. The average Bonchev–Trinajstić information content (AvgIpc) is 2.99. The predicted molar refractivity (Wildman–Crippen MR) is 157 cm³/mol. The fourth-order valence-corrected chi connectivity index (χ4v) is 4.97. The lowest BCUT2D eigenvalue weighted by Gasteiger charge is -2.20. The molecule has 0 heterocycles. The van der Waals surface area contributed by atoms with Crippen LogP contribution in [0.1, 0.15) is 37.3 Å². The molecule has 0 saturated carbocycles. The maximum absolute atomic E-state index is 15.0. The quantitative estimate of drug-likeness (QED) is 0.113. The molecular formula is C36H27F7O. The molecule has 226 valence electrons. The third-order valence-corrected chi connectivity index (χ3v) is 7.32. The van der Waals surface area contributed by atoms with E-state index in [9.17, 15) is 22.0 Å². The van der Waals surface area contributed by atoms with Crippen molar-refractivity contribution in [3.05, 3.63) is 137 Å². The van der Waals surface area contributed by atoms with Crippen molar-refractivity contribution in [2.75, 3.05) is 0 Å². The van der Waals surface area contributed by atoms with E-state index in [-0.39, 0.29) is 22.4 Å². The van der Waals surface area contributed by atoms with Crippen LogP contribution in [0.3, 0.4) is 0 Å². The van der Waals surface area contributed by atoms with Gasteiger partial charge in [0.05, 0.1) is 0 Å². The van der Waals surface area contributed by atoms with Crippen LogP contribution in [0, 0.1) is 29.1 Å². The van der Waals surface area contributed by atoms with Crippen molar-refractivity contribution in [3.63, 3.8) is 0 Å². The zero-order chi connectivity index (χ0) is 31.4. The van der Waals surface area contributed by atoms with E-state index in [0.717, 1.165) is 73.7 Å². The van der Waals surface area contributed by atoms with E-state index in [1.807, 2.05) is 12.1 Å². The van der Waals surface area contributed by atoms with E-state index in [2.05, 4.69) is 6.92 Å². The van der Waals surface area contributed by atoms with Crippen molar-refractivity contribution >= 4 is 0 Å².